The van der Waals surface area contributed by atoms with Gasteiger partial charge in [0.1, 0.15) is 0 Å². The Labute approximate surface area is 196 Å². The average Bonchev–Trinajstić information content (AvgIpc) is 3.44. The van der Waals surface area contributed by atoms with Gasteiger partial charge in [0.25, 0.3) is 0 Å². The summed E-state index contributed by atoms with van der Waals surface area (Å²) in [5.74, 6) is 0.177. The van der Waals surface area contributed by atoms with Crippen LogP contribution >= 0.6 is 0 Å². The van der Waals surface area contributed by atoms with Crippen LogP contribution in [0.4, 0.5) is 11.4 Å². The summed E-state index contributed by atoms with van der Waals surface area (Å²) in [5, 5.41) is 10.4. The first-order valence-corrected chi connectivity index (χ1v) is 12.1. The highest BCUT2D eigenvalue weighted by Gasteiger charge is 2.43. The van der Waals surface area contributed by atoms with Gasteiger partial charge in [0, 0.05) is 43.3 Å². The van der Waals surface area contributed by atoms with Gasteiger partial charge in [-0.3, -0.25) is 9.89 Å². The Morgan fingerprint density at radius 2 is 1.76 bits per heavy atom. The summed E-state index contributed by atoms with van der Waals surface area (Å²) in [5.41, 5.74) is 4.92. The van der Waals surface area contributed by atoms with E-state index in [2.05, 4.69) is 68.9 Å². The van der Waals surface area contributed by atoms with Crippen molar-refractivity contribution in [2.45, 2.75) is 37.5 Å². The van der Waals surface area contributed by atoms with E-state index >= 15 is 0 Å². The zero-order chi connectivity index (χ0) is 22.7. The Morgan fingerprint density at radius 3 is 2.45 bits per heavy atom. The van der Waals surface area contributed by atoms with Crippen molar-refractivity contribution in [2.24, 2.45) is 0 Å². The minimum Gasteiger partial charge on any atom is -0.371 e. The minimum atomic E-state index is -0.518. The maximum absolute atomic E-state index is 14.1. The number of hydrogen-bond acceptors (Lipinski definition) is 4. The molecule has 6 heteroatoms. The molecule has 0 unspecified atom stereocenters. The topological polar surface area (TPSA) is 64.3 Å². The molecule has 1 amide bonds. The van der Waals surface area contributed by atoms with Gasteiger partial charge in [0.15, 0.2) is 0 Å². The van der Waals surface area contributed by atoms with Crippen LogP contribution in [-0.2, 0) is 10.2 Å². The number of H-pyrrole nitrogens is 1. The van der Waals surface area contributed by atoms with Crippen molar-refractivity contribution in [3.05, 3.63) is 66.5 Å². The lowest BCUT2D eigenvalue weighted by Gasteiger charge is -2.40. The van der Waals surface area contributed by atoms with E-state index in [1.165, 1.54) is 24.9 Å². The number of amides is 1. The first kappa shape index (κ1) is 21.7. The molecule has 0 spiro atoms. The number of benzene rings is 2. The number of aromatic amines is 1. The zero-order valence-corrected chi connectivity index (χ0v) is 19.4. The van der Waals surface area contributed by atoms with Crippen molar-refractivity contribution in [1.82, 2.24) is 15.5 Å². The number of likely N-dealkylation sites (N-methyl/N-ethyl adjacent to an activating group) is 1. The number of carbonyl (C=O) groups excluding carboxylic acids is 1. The molecule has 0 aliphatic carbocycles. The van der Waals surface area contributed by atoms with Crippen LogP contribution in [0.5, 0.6) is 0 Å². The van der Waals surface area contributed by atoms with Gasteiger partial charge in [-0.1, -0.05) is 30.3 Å². The van der Waals surface area contributed by atoms with Crippen LogP contribution in [0.3, 0.4) is 0 Å². The maximum Gasteiger partial charge on any atom is 0.237 e. The number of carbonyl (C=O) groups is 1. The van der Waals surface area contributed by atoms with Gasteiger partial charge in [-0.15, -0.1) is 0 Å². The van der Waals surface area contributed by atoms with Crippen LogP contribution in [0, 0.1) is 0 Å². The SMILES string of the molecule is CN(C(=O)C1(c2ccc(-c3cn[nH]c3)cc2)CCNCC1)c1cccc(N2CCCCC2)c1. The number of nitrogens with one attached hydrogen (secondary N) is 2. The summed E-state index contributed by atoms with van der Waals surface area (Å²) >= 11 is 0. The van der Waals surface area contributed by atoms with Crippen LogP contribution in [0.2, 0.25) is 0 Å². The third kappa shape index (κ3) is 4.27. The molecule has 2 saturated heterocycles. The van der Waals surface area contributed by atoms with Crippen LogP contribution in [0.1, 0.15) is 37.7 Å². The molecule has 6 nitrogen and oxygen atoms in total. The lowest BCUT2D eigenvalue weighted by atomic mass is 9.71. The quantitative estimate of drug-likeness (QED) is 0.615. The van der Waals surface area contributed by atoms with Crippen molar-refractivity contribution in [2.75, 3.05) is 43.0 Å². The number of rotatable bonds is 5. The average molecular weight is 444 g/mol. The number of hydrogen-bond donors (Lipinski definition) is 2. The Hall–Kier alpha value is -3.12. The van der Waals surface area contributed by atoms with E-state index in [1.54, 1.807) is 0 Å². The molecule has 172 valence electrons. The van der Waals surface area contributed by atoms with Crippen molar-refractivity contribution in [1.29, 1.82) is 0 Å². The Morgan fingerprint density at radius 1 is 1.00 bits per heavy atom. The van der Waals surface area contributed by atoms with Crippen molar-refractivity contribution < 1.29 is 4.79 Å². The number of nitrogens with zero attached hydrogens (tertiary/aromatic N) is 3. The smallest absolute Gasteiger partial charge is 0.237 e. The van der Waals surface area contributed by atoms with E-state index in [9.17, 15) is 4.79 Å². The third-order valence-corrected chi connectivity index (χ3v) is 7.38. The fraction of sp³-hybridized carbons (Fsp3) is 0.407. The highest BCUT2D eigenvalue weighted by Crippen LogP contribution is 2.38. The molecule has 3 heterocycles. The van der Waals surface area contributed by atoms with Gasteiger partial charge < -0.3 is 15.1 Å². The lowest BCUT2D eigenvalue weighted by molar-refractivity contribution is -0.124. The largest absolute Gasteiger partial charge is 0.371 e. The first-order valence-electron chi connectivity index (χ1n) is 12.1. The number of aromatic nitrogens is 2. The second-order valence-corrected chi connectivity index (χ2v) is 9.33. The van der Waals surface area contributed by atoms with E-state index < -0.39 is 5.41 Å². The molecule has 0 atom stereocenters. The van der Waals surface area contributed by atoms with Crippen LogP contribution < -0.4 is 15.1 Å². The molecule has 2 N–H and O–H groups in total. The molecule has 2 aromatic carbocycles. The normalized spacial score (nSPS) is 18.2. The van der Waals surface area contributed by atoms with Crippen LogP contribution in [0.15, 0.2) is 60.9 Å². The fourth-order valence-electron chi connectivity index (χ4n) is 5.36. The standard InChI is InChI=1S/C27H33N5O/c1-31(24-6-5-7-25(18-24)32-16-3-2-4-17-32)26(33)27(12-14-28-15-13-27)23-10-8-21(9-11-23)22-19-29-30-20-22/h5-11,18-20,28H,2-4,12-17H2,1H3,(H,29,30). The first-order chi connectivity index (χ1) is 16.2. The Kier molecular flexibility index (Phi) is 6.18. The maximum atomic E-state index is 14.1. The lowest BCUT2D eigenvalue weighted by Crippen LogP contribution is -2.51. The summed E-state index contributed by atoms with van der Waals surface area (Å²) < 4.78 is 0. The summed E-state index contributed by atoms with van der Waals surface area (Å²) in [4.78, 5) is 18.4. The second kappa shape index (κ2) is 9.40. The van der Waals surface area contributed by atoms with Gasteiger partial charge in [0.2, 0.25) is 5.91 Å². The van der Waals surface area contributed by atoms with E-state index in [0.717, 1.165) is 61.4 Å². The van der Waals surface area contributed by atoms with Crippen molar-refractivity contribution in [3.63, 3.8) is 0 Å². The third-order valence-electron chi connectivity index (χ3n) is 7.38. The summed E-state index contributed by atoms with van der Waals surface area (Å²) in [6.45, 7) is 3.88. The molecule has 0 radical (unpaired) electrons. The summed E-state index contributed by atoms with van der Waals surface area (Å²) in [6.07, 6.45) is 9.10. The molecule has 5 rings (SSSR count). The molecule has 2 aliphatic rings. The van der Waals surface area contributed by atoms with Gasteiger partial charge in [-0.05, 0) is 74.5 Å². The monoisotopic (exact) mass is 443 g/mol. The Bertz CT molecular complexity index is 1060. The highest BCUT2D eigenvalue weighted by atomic mass is 16.2. The molecule has 0 saturated carbocycles. The second-order valence-electron chi connectivity index (χ2n) is 9.33. The number of anilines is 2. The van der Waals surface area contributed by atoms with E-state index in [0.29, 0.717) is 0 Å². The molecule has 0 bridgehead atoms. The molecule has 2 fully saturated rings. The zero-order valence-electron chi connectivity index (χ0n) is 19.4. The molecule has 3 aromatic rings. The predicted molar refractivity (Wildman–Crippen MR) is 134 cm³/mol. The predicted octanol–water partition coefficient (Wildman–Crippen LogP) is 4.35. The fourth-order valence-corrected chi connectivity index (χ4v) is 5.36. The molecule has 2 aliphatic heterocycles. The van der Waals surface area contributed by atoms with Crippen LogP contribution in [-0.4, -0.2) is 49.3 Å². The Balaban J connectivity index is 1.43. The summed E-state index contributed by atoms with van der Waals surface area (Å²) in [6, 6.07) is 17.0. The van der Waals surface area contributed by atoms with Gasteiger partial charge >= 0.3 is 0 Å². The molecular weight excluding hydrogens is 410 g/mol. The van der Waals surface area contributed by atoms with Crippen molar-refractivity contribution in [3.8, 4) is 11.1 Å². The molecular formula is C27H33N5O. The number of piperidine rings is 2. The molecule has 33 heavy (non-hydrogen) atoms. The van der Waals surface area contributed by atoms with Crippen molar-refractivity contribution >= 4 is 17.3 Å². The highest BCUT2D eigenvalue weighted by molar-refractivity contribution is 6.01. The van der Waals surface area contributed by atoms with Gasteiger partial charge in [0.05, 0.1) is 11.6 Å². The van der Waals surface area contributed by atoms with E-state index in [-0.39, 0.29) is 5.91 Å². The van der Waals surface area contributed by atoms with Gasteiger partial charge in [-0.2, -0.15) is 5.10 Å². The van der Waals surface area contributed by atoms with E-state index in [1.807, 2.05) is 24.3 Å². The van der Waals surface area contributed by atoms with E-state index in [4.69, 9.17) is 0 Å². The molecule has 1 aromatic heterocycles. The minimum absolute atomic E-state index is 0.177. The summed E-state index contributed by atoms with van der Waals surface area (Å²) in [7, 11) is 1.93. The van der Waals surface area contributed by atoms with Gasteiger partial charge in [-0.25, -0.2) is 0 Å². The van der Waals surface area contributed by atoms with Crippen LogP contribution in [0.25, 0.3) is 11.1 Å².